The fourth-order valence-corrected chi connectivity index (χ4v) is 7.48. The van der Waals surface area contributed by atoms with Gasteiger partial charge in [0.15, 0.2) is 0 Å². The maximum absolute atomic E-state index is 14.5. The highest BCUT2D eigenvalue weighted by atomic mass is 16.5. The number of carbonyl (C=O) groups is 3. The Balaban J connectivity index is 1.27. The van der Waals surface area contributed by atoms with Crippen molar-refractivity contribution < 1.29 is 29.0 Å². The lowest BCUT2D eigenvalue weighted by Gasteiger charge is -2.37. The van der Waals surface area contributed by atoms with Crippen LogP contribution in [0, 0.1) is 11.8 Å². The van der Waals surface area contributed by atoms with E-state index in [4.69, 9.17) is 9.47 Å². The van der Waals surface area contributed by atoms with E-state index in [-0.39, 0.29) is 50.5 Å². The van der Waals surface area contributed by atoms with E-state index in [0.717, 1.165) is 5.52 Å². The van der Waals surface area contributed by atoms with Crippen LogP contribution >= 0.6 is 0 Å². The lowest BCUT2D eigenvalue weighted by Crippen LogP contribution is -2.56. The van der Waals surface area contributed by atoms with Crippen LogP contribution < -0.4 is 9.64 Å². The number of likely N-dealkylation sites (tertiary alicyclic amines) is 1. The molecule has 12 nitrogen and oxygen atoms in total. The number of hydrogen-bond acceptors (Lipinski definition) is 8. The zero-order chi connectivity index (χ0) is 31.3. The number of rotatable bonds is 8. The Kier molecular flexibility index (Phi) is 7.20. The van der Waals surface area contributed by atoms with Gasteiger partial charge >= 0.3 is 0 Å². The number of fused-ring (bicyclic) bond motifs is 3. The molecule has 234 valence electrons. The van der Waals surface area contributed by atoms with Crippen LogP contribution in [-0.2, 0) is 25.8 Å². The van der Waals surface area contributed by atoms with Crippen LogP contribution in [0.3, 0.4) is 0 Å². The first-order valence-corrected chi connectivity index (χ1v) is 15.4. The Bertz CT molecular complexity index is 1700. The van der Waals surface area contributed by atoms with E-state index < -0.39 is 29.1 Å². The summed E-state index contributed by atoms with van der Waals surface area (Å²) in [6.07, 6.45) is 7.70. The molecule has 0 radical (unpaired) electrons. The number of anilines is 1. The summed E-state index contributed by atoms with van der Waals surface area (Å²) in [6.45, 7) is 4.95. The highest BCUT2D eigenvalue weighted by Crippen LogP contribution is 2.57. The quantitative estimate of drug-likeness (QED) is 0.383. The molecule has 45 heavy (non-hydrogen) atoms. The van der Waals surface area contributed by atoms with Crippen LogP contribution in [0.5, 0.6) is 5.75 Å². The number of nitrogens with zero attached hydrogens (tertiary/aromatic N) is 6. The van der Waals surface area contributed by atoms with E-state index in [1.807, 2.05) is 86.7 Å². The summed E-state index contributed by atoms with van der Waals surface area (Å²) >= 11 is 0. The fraction of sp³-hybridized carbons (Fsp3) is 0.424. The number of aliphatic hydroxyl groups is 1. The minimum absolute atomic E-state index is 0.119. The smallest absolute Gasteiger partial charge is 0.250 e. The van der Waals surface area contributed by atoms with Crippen molar-refractivity contribution in [3.05, 3.63) is 72.8 Å². The van der Waals surface area contributed by atoms with Gasteiger partial charge in [0.2, 0.25) is 11.8 Å². The molecular formula is C33H36N6O6. The molecule has 2 saturated heterocycles. The fourth-order valence-electron chi connectivity index (χ4n) is 7.48. The normalized spacial score (nSPS) is 29.2. The Labute approximate surface area is 260 Å². The number of ether oxygens (including phenoxy) is 2. The summed E-state index contributed by atoms with van der Waals surface area (Å²) < 4.78 is 14.1. The van der Waals surface area contributed by atoms with Crippen molar-refractivity contribution in [1.82, 2.24) is 24.8 Å². The van der Waals surface area contributed by atoms with Crippen LogP contribution in [0.2, 0.25) is 0 Å². The van der Waals surface area contributed by atoms with Crippen molar-refractivity contribution in [3.8, 4) is 5.75 Å². The largest absolute Gasteiger partial charge is 0.494 e. The molecule has 5 heterocycles. The summed E-state index contributed by atoms with van der Waals surface area (Å²) in [5.74, 6) is -2.03. The number of benzene rings is 2. The molecule has 1 unspecified atom stereocenters. The molecule has 0 bridgehead atoms. The van der Waals surface area contributed by atoms with E-state index in [1.165, 1.54) is 4.90 Å². The van der Waals surface area contributed by atoms with E-state index >= 15 is 0 Å². The number of hydrogen-bond donors (Lipinski definition) is 1. The van der Waals surface area contributed by atoms with Crippen molar-refractivity contribution in [2.45, 2.75) is 44.2 Å². The molecule has 1 N–H and O–H groups in total. The topological polar surface area (TPSA) is 130 Å². The predicted molar refractivity (Wildman–Crippen MR) is 164 cm³/mol. The van der Waals surface area contributed by atoms with Gasteiger partial charge in [0.25, 0.3) is 5.91 Å². The molecule has 1 aromatic heterocycles. The first-order chi connectivity index (χ1) is 21.8. The zero-order valence-corrected chi connectivity index (χ0v) is 25.3. The maximum Gasteiger partial charge on any atom is 0.250 e. The first-order valence-electron chi connectivity index (χ1n) is 15.4. The van der Waals surface area contributed by atoms with Crippen LogP contribution in [-0.4, -0.2) is 97.7 Å². The number of carbonyl (C=O) groups excluding carboxylic acids is 3. The Morgan fingerprint density at radius 3 is 2.53 bits per heavy atom. The van der Waals surface area contributed by atoms with Gasteiger partial charge in [0.05, 0.1) is 29.6 Å². The van der Waals surface area contributed by atoms with Gasteiger partial charge < -0.3 is 29.3 Å². The first kappa shape index (κ1) is 29.2. The van der Waals surface area contributed by atoms with Crippen molar-refractivity contribution in [1.29, 1.82) is 0 Å². The molecule has 7 rings (SSSR count). The van der Waals surface area contributed by atoms with Crippen LogP contribution in [0.4, 0.5) is 5.69 Å². The van der Waals surface area contributed by atoms with Gasteiger partial charge in [0, 0.05) is 31.9 Å². The van der Waals surface area contributed by atoms with Gasteiger partial charge in [-0.3, -0.25) is 14.4 Å². The zero-order valence-electron chi connectivity index (χ0n) is 25.3. The average Bonchev–Trinajstić information content (AvgIpc) is 3.56. The molecule has 12 heteroatoms. The van der Waals surface area contributed by atoms with Crippen molar-refractivity contribution >= 4 is 34.4 Å². The second-order valence-electron chi connectivity index (χ2n) is 12.1. The molecule has 0 saturated carbocycles. The van der Waals surface area contributed by atoms with E-state index in [9.17, 15) is 19.5 Å². The van der Waals surface area contributed by atoms with Crippen molar-refractivity contribution in [2.24, 2.45) is 11.8 Å². The van der Waals surface area contributed by atoms with Gasteiger partial charge in [-0.15, -0.1) is 5.10 Å². The van der Waals surface area contributed by atoms with E-state index in [2.05, 4.69) is 10.3 Å². The molecule has 3 amide bonds. The SMILES string of the molecule is CCOc1ccc(N2CC=C[C@@]3(C)O[C@]45C=CCN(Cn6nnc7ccccc76)C(=O)C4N(CCCO)C(=O)[C@@H]5[C@H]3C2=O)cc1. The second-order valence-corrected chi connectivity index (χ2v) is 12.1. The van der Waals surface area contributed by atoms with E-state index in [1.54, 1.807) is 14.5 Å². The third-order valence-electron chi connectivity index (χ3n) is 9.38. The van der Waals surface area contributed by atoms with Crippen LogP contribution in [0.25, 0.3) is 11.0 Å². The summed E-state index contributed by atoms with van der Waals surface area (Å²) in [4.78, 5) is 48.3. The standard InChI is InChI=1S/C33H36N6O6/c1-3-44-23-13-11-22(12-14-23)37-18-6-15-32(2)26(29(37)41)27-30(42)38(19-8-20-40)28-31(43)36(17-7-16-33(27,28)45-32)21-39-25-10-5-4-9-24(25)34-35-39/h4-7,9-16,26-28,40H,3,8,17-21H2,1-2H3/t26-,27-,28?,32+,33-/m0/s1. The molecule has 1 spiro atoms. The molecule has 5 atom stereocenters. The summed E-state index contributed by atoms with van der Waals surface area (Å²) in [7, 11) is 0. The molecular weight excluding hydrogens is 576 g/mol. The molecule has 3 aromatic rings. The van der Waals surface area contributed by atoms with Gasteiger partial charge in [-0.05, 0) is 56.7 Å². The predicted octanol–water partition coefficient (Wildman–Crippen LogP) is 2.14. The average molecular weight is 613 g/mol. The highest BCUT2D eigenvalue weighted by molar-refractivity contribution is 6.04. The second kappa shape index (κ2) is 11.1. The minimum atomic E-state index is -1.38. The van der Waals surface area contributed by atoms with Gasteiger partial charge in [0.1, 0.15) is 29.6 Å². The monoisotopic (exact) mass is 612 g/mol. The molecule has 4 aliphatic rings. The molecule has 0 aliphatic carbocycles. The highest BCUT2D eigenvalue weighted by Gasteiger charge is 2.74. The molecule has 2 aromatic carbocycles. The van der Waals surface area contributed by atoms with E-state index in [0.29, 0.717) is 30.1 Å². The Morgan fingerprint density at radius 2 is 1.76 bits per heavy atom. The summed E-state index contributed by atoms with van der Waals surface area (Å²) in [5, 5.41) is 18.2. The number of aromatic nitrogens is 3. The third-order valence-corrected chi connectivity index (χ3v) is 9.38. The number of para-hydroxylation sites is 1. The summed E-state index contributed by atoms with van der Waals surface area (Å²) in [6, 6.07) is 13.8. The molecule has 4 aliphatic heterocycles. The lowest BCUT2D eigenvalue weighted by atomic mass is 9.74. The third kappa shape index (κ3) is 4.54. The Hall–Kier alpha value is -4.55. The van der Waals surface area contributed by atoms with Gasteiger partial charge in [-0.2, -0.15) is 0 Å². The number of amides is 3. The number of aliphatic hydroxyl groups excluding tert-OH is 1. The van der Waals surface area contributed by atoms with Gasteiger partial charge in [-0.1, -0.05) is 41.7 Å². The lowest BCUT2D eigenvalue weighted by molar-refractivity contribution is -0.152. The maximum atomic E-state index is 14.5. The molecule has 2 fully saturated rings. The summed E-state index contributed by atoms with van der Waals surface area (Å²) in [5.41, 5.74) is -0.356. The van der Waals surface area contributed by atoms with Crippen LogP contribution in [0.15, 0.2) is 72.8 Å². The van der Waals surface area contributed by atoms with Gasteiger partial charge in [-0.25, -0.2) is 4.68 Å². The van der Waals surface area contributed by atoms with Crippen LogP contribution in [0.1, 0.15) is 20.3 Å². The van der Waals surface area contributed by atoms with Crippen molar-refractivity contribution in [2.75, 3.05) is 37.7 Å². The minimum Gasteiger partial charge on any atom is -0.494 e. The Morgan fingerprint density at radius 1 is 0.978 bits per heavy atom. The van der Waals surface area contributed by atoms with Crippen molar-refractivity contribution in [3.63, 3.8) is 0 Å².